The van der Waals surface area contributed by atoms with Gasteiger partial charge in [-0.25, -0.2) is 0 Å². The summed E-state index contributed by atoms with van der Waals surface area (Å²) in [6.07, 6.45) is 1.14. The van der Waals surface area contributed by atoms with E-state index in [1.165, 1.54) is 5.75 Å². The van der Waals surface area contributed by atoms with Crippen LogP contribution in [0.5, 0.6) is 0 Å². The van der Waals surface area contributed by atoms with E-state index in [9.17, 15) is 4.79 Å². The number of nitrogens with two attached hydrogens (primary N) is 1. The lowest BCUT2D eigenvalue weighted by Gasteiger charge is -2.43. The van der Waals surface area contributed by atoms with Crippen LogP contribution in [0.15, 0.2) is 0 Å². The molecule has 2 aliphatic heterocycles. The molecule has 0 aliphatic carbocycles. The number of thioether (sulfide) groups is 1. The molecule has 2 fully saturated rings. The van der Waals surface area contributed by atoms with Gasteiger partial charge in [0.25, 0.3) is 0 Å². The van der Waals surface area contributed by atoms with Crippen LogP contribution in [-0.2, 0) is 9.53 Å². The number of nitrogens with one attached hydrogen (secondary N) is 1. The zero-order valence-corrected chi connectivity index (χ0v) is 13.4. The van der Waals surface area contributed by atoms with E-state index in [1.54, 1.807) is 0 Å². The highest BCUT2D eigenvalue weighted by atomic mass is 32.2. The summed E-state index contributed by atoms with van der Waals surface area (Å²) in [7, 11) is 0. The van der Waals surface area contributed by atoms with Crippen LogP contribution in [0.1, 0.15) is 20.3 Å². The molecule has 0 spiro atoms. The SMILES string of the molecule is CC(N)C(C)C(=O)NCC1(N2CCOCC2)CCSC1. The van der Waals surface area contributed by atoms with E-state index < -0.39 is 0 Å². The number of ether oxygens (including phenoxy) is 1. The van der Waals surface area contributed by atoms with Crippen molar-refractivity contribution in [3.8, 4) is 0 Å². The van der Waals surface area contributed by atoms with Gasteiger partial charge in [0.2, 0.25) is 5.91 Å². The molecule has 0 aromatic heterocycles. The van der Waals surface area contributed by atoms with Gasteiger partial charge in [-0.05, 0) is 19.1 Å². The molecule has 2 rings (SSSR count). The van der Waals surface area contributed by atoms with Crippen molar-refractivity contribution in [3.05, 3.63) is 0 Å². The van der Waals surface area contributed by atoms with Gasteiger partial charge in [0.05, 0.1) is 13.2 Å². The highest BCUT2D eigenvalue weighted by Crippen LogP contribution is 2.33. The van der Waals surface area contributed by atoms with E-state index >= 15 is 0 Å². The van der Waals surface area contributed by atoms with Crippen LogP contribution < -0.4 is 11.1 Å². The van der Waals surface area contributed by atoms with Crippen LogP contribution in [0.4, 0.5) is 0 Å². The van der Waals surface area contributed by atoms with E-state index in [0.29, 0.717) is 0 Å². The van der Waals surface area contributed by atoms with Gasteiger partial charge in [-0.1, -0.05) is 6.92 Å². The number of carbonyl (C=O) groups is 1. The molecular weight excluding hydrogens is 274 g/mol. The topological polar surface area (TPSA) is 67.6 Å². The van der Waals surface area contributed by atoms with Crippen molar-refractivity contribution in [2.45, 2.75) is 31.8 Å². The molecule has 116 valence electrons. The molecule has 0 aromatic carbocycles. The van der Waals surface area contributed by atoms with E-state index in [1.807, 2.05) is 25.6 Å². The van der Waals surface area contributed by atoms with Gasteiger partial charge in [-0.15, -0.1) is 0 Å². The summed E-state index contributed by atoms with van der Waals surface area (Å²) < 4.78 is 5.45. The molecule has 6 heteroatoms. The number of morpholine rings is 1. The maximum Gasteiger partial charge on any atom is 0.224 e. The molecule has 0 aromatic rings. The summed E-state index contributed by atoms with van der Waals surface area (Å²) >= 11 is 1.98. The smallest absolute Gasteiger partial charge is 0.224 e. The van der Waals surface area contributed by atoms with E-state index in [-0.39, 0.29) is 23.4 Å². The Bertz CT molecular complexity index is 326. The fourth-order valence-corrected chi connectivity index (χ4v) is 4.26. The fourth-order valence-electron chi connectivity index (χ4n) is 2.79. The molecule has 5 nitrogen and oxygen atoms in total. The first-order valence-electron chi connectivity index (χ1n) is 7.49. The van der Waals surface area contributed by atoms with Crippen LogP contribution >= 0.6 is 11.8 Å². The van der Waals surface area contributed by atoms with Crippen molar-refractivity contribution in [1.82, 2.24) is 10.2 Å². The minimum atomic E-state index is -0.134. The summed E-state index contributed by atoms with van der Waals surface area (Å²) in [6, 6.07) is -0.104. The zero-order valence-electron chi connectivity index (χ0n) is 12.6. The second kappa shape index (κ2) is 7.11. The zero-order chi connectivity index (χ0) is 14.6. The molecule has 0 radical (unpaired) electrons. The molecule has 2 heterocycles. The summed E-state index contributed by atoms with van der Waals surface area (Å²) in [5, 5.41) is 3.13. The Kier molecular flexibility index (Phi) is 5.72. The summed E-state index contributed by atoms with van der Waals surface area (Å²) in [4.78, 5) is 14.6. The molecule has 3 atom stereocenters. The van der Waals surface area contributed by atoms with E-state index in [2.05, 4.69) is 10.2 Å². The molecule has 2 saturated heterocycles. The van der Waals surface area contributed by atoms with Crippen molar-refractivity contribution in [1.29, 1.82) is 0 Å². The lowest BCUT2D eigenvalue weighted by molar-refractivity contribution is -0.125. The average molecular weight is 301 g/mol. The number of amides is 1. The molecule has 0 bridgehead atoms. The first kappa shape index (κ1) is 16.1. The van der Waals surface area contributed by atoms with E-state index in [0.717, 1.165) is 45.0 Å². The predicted molar refractivity (Wildman–Crippen MR) is 82.9 cm³/mol. The minimum Gasteiger partial charge on any atom is -0.379 e. The van der Waals surface area contributed by atoms with Gasteiger partial charge in [-0.3, -0.25) is 9.69 Å². The van der Waals surface area contributed by atoms with E-state index in [4.69, 9.17) is 10.5 Å². The van der Waals surface area contributed by atoms with Crippen LogP contribution in [0, 0.1) is 5.92 Å². The summed E-state index contributed by atoms with van der Waals surface area (Å²) in [6.45, 7) is 8.06. The van der Waals surface area contributed by atoms with Crippen LogP contribution in [-0.4, -0.2) is 66.7 Å². The standard InChI is InChI=1S/C14H27N3O2S/c1-11(12(2)15)13(18)16-9-14(3-8-20-10-14)17-4-6-19-7-5-17/h11-12H,3-10,15H2,1-2H3,(H,16,18). The number of hydrogen-bond acceptors (Lipinski definition) is 5. The highest BCUT2D eigenvalue weighted by molar-refractivity contribution is 7.99. The van der Waals surface area contributed by atoms with Crippen molar-refractivity contribution in [3.63, 3.8) is 0 Å². The minimum absolute atomic E-state index is 0.0736. The molecule has 3 N–H and O–H groups in total. The molecule has 20 heavy (non-hydrogen) atoms. The number of carbonyl (C=O) groups excluding carboxylic acids is 1. The first-order valence-corrected chi connectivity index (χ1v) is 8.64. The van der Waals surface area contributed by atoms with Crippen molar-refractivity contribution >= 4 is 17.7 Å². The monoisotopic (exact) mass is 301 g/mol. The Balaban J connectivity index is 1.93. The Morgan fingerprint density at radius 2 is 2.15 bits per heavy atom. The van der Waals surface area contributed by atoms with Gasteiger partial charge in [0.15, 0.2) is 0 Å². The quantitative estimate of drug-likeness (QED) is 0.764. The molecule has 0 saturated carbocycles. The Labute approximate surface area is 126 Å². The van der Waals surface area contributed by atoms with Crippen molar-refractivity contribution in [2.24, 2.45) is 11.7 Å². The van der Waals surface area contributed by atoms with Crippen LogP contribution in [0.2, 0.25) is 0 Å². The van der Waals surface area contributed by atoms with Crippen molar-refractivity contribution < 1.29 is 9.53 Å². The fraction of sp³-hybridized carbons (Fsp3) is 0.929. The van der Waals surface area contributed by atoms with Gasteiger partial charge in [0.1, 0.15) is 0 Å². The van der Waals surface area contributed by atoms with Gasteiger partial charge in [0, 0.05) is 42.9 Å². The normalized spacial score (nSPS) is 30.9. The Morgan fingerprint density at radius 1 is 1.45 bits per heavy atom. The number of hydrogen-bond donors (Lipinski definition) is 2. The predicted octanol–water partition coefficient (Wildman–Crippen LogP) is 0.294. The van der Waals surface area contributed by atoms with Gasteiger partial charge in [-0.2, -0.15) is 11.8 Å². The van der Waals surface area contributed by atoms with Crippen molar-refractivity contribution in [2.75, 3.05) is 44.4 Å². The third kappa shape index (κ3) is 3.67. The maximum atomic E-state index is 12.1. The Hall–Kier alpha value is -0.300. The lowest BCUT2D eigenvalue weighted by Crippen LogP contribution is -2.59. The first-order chi connectivity index (χ1) is 9.55. The largest absolute Gasteiger partial charge is 0.379 e. The third-order valence-electron chi connectivity index (χ3n) is 4.56. The van der Waals surface area contributed by atoms with Crippen LogP contribution in [0.25, 0.3) is 0 Å². The third-order valence-corrected chi connectivity index (χ3v) is 5.79. The summed E-state index contributed by atoms with van der Waals surface area (Å²) in [5.74, 6) is 2.21. The average Bonchev–Trinajstić information content (AvgIpc) is 2.95. The summed E-state index contributed by atoms with van der Waals surface area (Å²) in [5.41, 5.74) is 5.92. The molecule has 1 amide bonds. The second-order valence-electron chi connectivity index (χ2n) is 5.99. The molecule has 2 aliphatic rings. The van der Waals surface area contributed by atoms with Gasteiger partial charge >= 0.3 is 0 Å². The molecule has 3 unspecified atom stereocenters. The van der Waals surface area contributed by atoms with Gasteiger partial charge < -0.3 is 15.8 Å². The lowest BCUT2D eigenvalue weighted by atomic mass is 9.94. The van der Waals surface area contributed by atoms with Crippen LogP contribution in [0.3, 0.4) is 0 Å². The highest BCUT2D eigenvalue weighted by Gasteiger charge is 2.41. The maximum absolute atomic E-state index is 12.1. The number of nitrogens with zero attached hydrogens (tertiary/aromatic N) is 1. The Morgan fingerprint density at radius 3 is 2.70 bits per heavy atom. The molecular formula is C14H27N3O2S. The number of rotatable bonds is 5. The second-order valence-corrected chi connectivity index (χ2v) is 7.10.